The zero-order chi connectivity index (χ0) is 20.8. The van der Waals surface area contributed by atoms with Gasteiger partial charge < -0.3 is 5.11 Å². The first-order chi connectivity index (χ1) is 13.8. The molecule has 0 bridgehead atoms. The van der Waals surface area contributed by atoms with Gasteiger partial charge in [0.1, 0.15) is 11.5 Å². The Kier molecular flexibility index (Phi) is 4.65. The first-order valence-electron chi connectivity index (χ1n) is 9.43. The molecule has 0 aliphatic heterocycles. The maximum atomic E-state index is 14.8. The van der Waals surface area contributed by atoms with Gasteiger partial charge in [-0.2, -0.15) is 0 Å². The molecule has 1 heterocycles. The number of carboxylic acid groups (broad SMARTS) is 1. The van der Waals surface area contributed by atoms with Crippen LogP contribution in [0.5, 0.6) is 0 Å². The van der Waals surface area contributed by atoms with Crippen molar-refractivity contribution in [2.75, 3.05) is 0 Å². The molecular weight excluding hydrogens is 374 g/mol. The summed E-state index contributed by atoms with van der Waals surface area (Å²) in [5, 5.41) is 9.62. The van der Waals surface area contributed by atoms with Crippen molar-refractivity contribution in [1.82, 2.24) is 9.97 Å². The number of fused-ring (bicyclic) bond motifs is 1. The lowest BCUT2D eigenvalue weighted by atomic mass is 9.77. The minimum Gasteiger partial charge on any atom is -0.476 e. The summed E-state index contributed by atoms with van der Waals surface area (Å²) in [6.45, 7) is 3.29. The number of rotatable bonds is 3. The second-order valence-corrected chi connectivity index (χ2v) is 7.74. The maximum Gasteiger partial charge on any atom is 0.354 e. The maximum absolute atomic E-state index is 14.8. The quantitative estimate of drug-likeness (QED) is 0.670. The van der Waals surface area contributed by atoms with Crippen molar-refractivity contribution in [3.05, 3.63) is 71.3 Å². The van der Waals surface area contributed by atoms with Gasteiger partial charge in [-0.15, -0.1) is 0 Å². The second-order valence-electron chi connectivity index (χ2n) is 7.74. The van der Waals surface area contributed by atoms with Crippen molar-refractivity contribution in [1.29, 1.82) is 0 Å². The number of nitrogens with zero attached hydrogens (tertiary/aromatic N) is 2. The molecule has 0 saturated heterocycles. The van der Waals surface area contributed by atoms with E-state index < -0.39 is 11.6 Å². The molecule has 1 N–H and O–H groups in total. The van der Waals surface area contributed by atoms with Gasteiger partial charge in [0.25, 0.3) is 0 Å². The fourth-order valence-corrected chi connectivity index (χ4v) is 3.71. The molecule has 6 heteroatoms. The lowest BCUT2D eigenvalue weighted by molar-refractivity contribution is 0.0680. The van der Waals surface area contributed by atoms with Crippen LogP contribution < -0.4 is 0 Å². The molecule has 0 amide bonds. The Labute approximate surface area is 167 Å². The van der Waals surface area contributed by atoms with Crippen LogP contribution in [0.2, 0.25) is 0 Å². The number of carboxylic acids is 1. The zero-order valence-electron chi connectivity index (χ0n) is 16.1. The summed E-state index contributed by atoms with van der Waals surface area (Å²) in [5.41, 5.74) is 1.10. The Balaban J connectivity index is 1.76. The van der Waals surface area contributed by atoms with Crippen molar-refractivity contribution in [3.63, 3.8) is 0 Å². The topological polar surface area (TPSA) is 63.1 Å². The fraction of sp³-hybridized carbons (Fsp3) is 0.261. The van der Waals surface area contributed by atoms with Crippen LogP contribution in [0, 0.1) is 11.7 Å². The van der Waals surface area contributed by atoms with E-state index in [1.165, 1.54) is 13.0 Å². The van der Waals surface area contributed by atoms with E-state index in [1.54, 1.807) is 49.4 Å². The van der Waals surface area contributed by atoms with Gasteiger partial charge >= 0.3 is 5.97 Å². The number of aromatic nitrogens is 2. The Morgan fingerprint density at radius 1 is 1.10 bits per heavy atom. The molecule has 0 radical (unpaired) electrons. The molecule has 29 heavy (non-hydrogen) atoms. The van der Waals surface area contributed by atoms with Crippen LogP contribution in [0.15, 0.2) is 48.5 Å². The van der Waals surface area contributed by atoms with E-state index in [0.717, 1.165) is 0 Å². The zero-order valence-corrected chi connectivity index (χ0v) is 16.1. The number of hydrogen-bond acceptors (Lipinski definition) is 3. The summed E-state index contributed by atoms with van der Waals surface area (Å²) in [7, 11) is 0. The monoisotopic (exact) mass is 394 g/mol. The number of benzene rings is 2. The average Bonchev–Trinajstić information content (AvgIpc) is 2.68. The smallest absolute Gasteiger partial charge is 0.354 e. The highest BCUT2D eigenvalue weighted by molar-refractivity contribution is 5.88. The molecule has 1 aliphatic carbocycles. The van der Waals surface area contributed by atoms with E-state index in [9.17, 15) is 18.7 Å². The van der Waals surface area contributed by atoms with Gasteiger partial charge in [0.2, 0.25) is 0 Å². The number of hydrogen-bond donors (Lipinski definition) is 1. The third-order valence-electron chi connectivity index (χ3n) is 5.67. The molecule has 4 rings (SSSR count). The molecule has 2 atom stereocenters. The highest BCUT2D eigenvalue weighted by atomic mass is 19.1. The van der Waals surface area contributed by atoms with Gasteiger partial charge in [-0.3, -0.25) is 0 Å². The highest BCUT2D eigenvalue weighted by Gasteiger charge is 2.39. The molecule has 3 aromatic rings. The van der Waals surface area contributed by atoms with Crippen molar-refractivity contribution in [3.8, 4) is 22.5 Å². The largest absolute Gasteiger partial charge is 0.476 e. The summed E-state index contributed by atoms with van der Waals surface area (Å²) in [6.07, 6.45) is 0.336. The van der Waals surface area contributed by atoms with Gasteiger partial charge in [0, 0.05) is 28.8 Å². The van der Waals surface area contributed by atoms with E-state index in [-0.39, 0.29) is 29.7 Å². The molecule has 1 aromatic heterocycles. The van der Waals surface area contributed by atoms with E-state index in [2.05, 4.69) is 9.97 Å². The third kappa shape index (κ3) is 3.50. The summed E-state index contributed by atoms with van der Waals surface area (Å²) in [5.74, 6) is -1.52. The predicted octanol–water partition coefficient (Wildman–Crippen LogP) is 5.11. The number of aromatic carboxylic acids is 1. The molecule has 2 aromatic carbocycles. The molecular formula is C23H20F2N2O2. The van der Waals surface area contributed by atoms with E-state index in [1.807, 2.05) is 0 Å². The number of carbonyl (C=O) groups is 1. The second kappa shape index (κ2) is 7.03. The van der Waals surface area contributed by atoms with Crippen LogP contribution in [0.25, 0.3) is 22.5 Å². The standard InChI is InChI=1S/C23H20F2N2O2/c1-13-11-19-17(12-23(13,2)25)20(22(28)29)27-21(26-19)15-9-7-14(8-10-15)16-5-3-4-6-18(16)24/h3-10,13H,11-12H2,1-2H3,(H,28,29). The molecule has 0 saturated carbocycles. The predicted molar refractivity (Wildman–Crippen MR) is 106 cm³/mol. The molecule has 0 fully saturated rings. The summed E-state index contributed by atoms with van der Waals surface area (Å²) in [4.78, 5) is 20.5. The van der Waals surface area contributed by atoms with Crippen molar-refractivity contribution in [2.24, 2.45) is 5.92 Å². The Morgan fingerprint density at radius 2 is 1.76 bits per heavy atom. The van der Waals surface area contributed by atoms with Crippen LogP contribution >= 0.6 is 0 Å². The minimum absolute atomic E-state index is 0.0162. The Hall–Kier alpha value is -3.15. The first kappa shape index (κ1) is 19.2. The van der Waals surface area contributed by atoms with Crippen molar-refractivity contribution < 1.29 is 18.7 Å². The van der Waals surface area contributed by atoms with Crippen LogP contribution in [0.3, 0.4) is 0 Å². The van der Waals surface area contributed by atoms with Gasteiger partial charge in [-0.1, -0.05) is 49.4 Å². The number of halogens is 2. The summed E-state index contributed by atoms with van der Waals surface area (Å²) in [6, 6.07) is 13.5. The van der Waals surface area contributed by atoms with Gasteiger partial charge in [0.05, 0.1) is 0 Å². The lowest BCUT2D eigenvalue weighted by Gasteiger charge is -2.33. The molecule has 148 valence electrons. The molecule has 0 spiro atoms. The summed E-state index contributed by atoms with van der Waals surface area (Å²) >= 11 is 0. The first-order valence-corrected chi connectivity index (χ1v) is 9.43. The molecule has 1 aliphatic rings. The van der Waals surface area contributed by atoms with Crippen LogP contribution in [-0.4, -0.2) is 26.7 Å². The van der Waals surface area contributed by atoms with E-state index in [4.69, 9.17) is 0 Å². The normalized spacial score (nSPS) is 20.9. The number of alkyl halides is 1. The van der Waals surface area contributed by atoms with Gasteiger partial charge in [0.15, 0.2) is 11.5 Å². The molecule has 2 unspecified atom stereocenters. The Bertz CT molecular complexity index is 1090. The van der Waals surface area contributed by atoms with Crippen LogP contribution in [0.1, 0.15) is 35.6 Å². The van der Waals surface area contributed by atoms with Crippen LogP contribution in [0.4, 0.5) is 8.78 Å². The highest BCUT2D eigenvalue weighted by Crippen LogP contribution is 2.37. The molecule has 4 nitrogen and oxygen atoms in total. The fourth-order valence-electron chi connectivity index (χ4n) is 3.71. The van der Waals surface area contributed by atoms with E-state index in [0.29, 0.717) is 34.4 Å². The average molecular weight is 394 g/mol. The minimum atomic E-state index is -1.50. The summed E-state index contributed by atoms with van der Waals surface area (Å²) < 4.78 is 28.8. The van der Waals surface area contributed by atoms with Crippen molar-refractivity contribution >= 4 is 5.97 Å². The van der Waals surface area contributed by atoms with Crippen molar-refractivity contribution in [2.45, 2.75) is 32.4 Å². The lowest BCUT2D eigenvalue weighted by Crippen LogP contribution is -2.38. The SMILES string of the molecule is CC1Cc2nc(-c3ccc(-c4ccccc4F)cc3)nc(C(=O)O)c2CC1(C)F. The Morgan fingerprint density at radius 3 is 2.41 bits per heavy atom. The third-order valence-corrected chi connectivity index (χ3v) is 5.67. The van der Waals surface area contributed by atoms with Gasteiger partial charge in [-0.25, -0.2) is 23.5 Å². The van der Waals surface area contributed by atoms with Gasteiger partial charge in [-0.05, 0) is 30.9 Å². The van der Waals surface area contributed by atoms with Crippen LogP contribution in [-0.2, 0) is 12.8 Å². The van der Waals surface area contributed by atoms with E-state index >= 15 is 0 Å².